The number of hydrogen-bond acceptors (Lipinski definition) is 6. The summed E-state index contributed by atoms with van der Waals surface area (Å²) >= 11 is 3.47. The Morgan fingerprint density at radius 2 is 1.73 bits per heavy atom. The van der Waals surface area contributed by atoms with E-state index in [1.165, 1.54) is 5.56 Å². The molecule has 5 rings (SSSR count). The van der Waals surface area contributed by atoms with Crippen molar-refractivity contribution in [3.8, 4) is 11.4 Å². The summed E-state index contributed by atoms with van der Waals surface area (Å²) in [7, 11) is 0. The van der Waals surface area contributed by atoms with Gasteiger partial charge in [-0.25, -0.2) is 0 Å². The Hall–Kier alpha value is -3.82. The molecular weight excluding hydrogens is 582 g/mol. The minimum atomic E-state index is -0.194. The zero-order chi connectivity index (χ0) is 29.0. The number of aromatic nitrogens is 2. The summed E-state index contributed by atoms with van der Waals surface area (Å²) in [6.45, 7) is 8.37. The number of carbonyl (C=O) groups is 2. The van der Waals surface area contributed by atoms with Crippen LogP contribution in [0, 0.1) is 5.92 Å². The molecule has 1 saturated heterocycles. The maximum atomic E-state index is 13.2. The Kier molecular flexibility index (Phi) is 8.65. The van der Waals surface area contributed by atoms with Crippen LogP contribution in [-0.2, 0) is 16.8 Å². The molecule has 1 aliphatic heterocycles. The van der Waals surface area contributed by atoms with E-state index in [0.717, 1.165) is 29.4 Å². The molecular formula is C32H34BrN5O3. The number of hydrogen-bond donors (Lipinski definition) is 2. The van der Waals surface area contributed by atoms with E-state index in [1.807, 2.05) is 66.7 Å². The number of piperidine rings is 1. The first-order valence-electron chi connectivity index (χ1n) is 13.8. The first-order valence-corrected chi connectivity index (χ1v) is 14.6. The van der Waals surface area contributed by atoms with Crippen LogP contribution < -0.4 is 10.6 Å². The van der Waals surface area contributed by atoms with Crippen molar-refractivity contribution in [2.45, 2.75) is 45.6 Å². The summed E-state index contributed by atoms with van der Waals surface area (Å²) in [6.07, 6.45) is 1.70. The van der Waals surface area contributed by atoms with Crippen molar-refractivity contribution in [3.05, 3.63) is 94.3 Å². The molecule has 0 aliphatic carbocycles. The molecule has 1 aromatic heterocycles. The summed E-state index contributed by atoms with van der Waals surface area (Å²) in [5.41, 5.74) is 3.91. The molecule has 9 heteroatoms. The highest BCUT2D eigenvalue weighted by molar-refractivity contribution is 9.10. The number of carbonyl (C=O) groups excluding carboxylic acids is 2. The van der Waals surface area contributed by atoms with Crippen LogP contribution in [0.25, 0.3) is 11.4 Å². The van der Waals surface area contributed by atoms with E-state index in [-0.39, 0.29) is 23.1 Å². The minimum absolute atomic E-state index is 0.0213. The molecule has 0 saturated carbocycles. The van der Waals surface area contributed by atoms with Crippen LogP contribution in [0.4, 0.5) is 11.4 Å². The highest BCUT2D eigenvalue weighted by Gasteiger charge is 2.27. The molecule has 0 radical (unpaired) electrons. The fraction of sp³-hybridized carbons (Fsp3) is 0.312. The Bertz CT molecular complexity index is 1530. The smallest absolute Gasteiger partial charge is 0.255 e. The lowest BCUT2D eigenvalue weighted by Gasteiger charge is -2.30. The second-order valence-electron chi connectivity index (χ2n) is 11.4. The number of likely N-dealkylation sites (tertiary alicyclic amines) is 1. The van der Waals surface area contributed by atoms with Crippen LogP contribution in [0.2, 0.25) is 0 Å². The van der Waals surface area contributed by atoms with Gasteiger partial charge in [0.2, 0.25) is 17.6 Å². The van der Waals surface area contributed by atoms with Gasteiger partial charge in [0.15, 0.2) is 0 Å². The lowest BCUT2D eigenvalue weighted by Crippen LogP contribution is -2.40. The van der Waals surface area contributed by atoms with E-state index in [0.29, 0.717) is 41.7 Å². The van der Waals surface area contributed by atoms with E-state index in [1.54, 1.807) is 6.07 Å². The molecule has 2 N–H and O–H groups in total. The fourth-order valence-corrected chi connectivity index (χ4v) is 5.31. The highest BCUT2D eigenvalue weighted by Crippen LogP contribution is 2.25. The van der Waals surface area contributed by atoms with Gasteiger partial charge in [-0.15, -0.1) is 0 Å². The van der Waals surface area contributed by atoms with Crippen LogP contribution in [0.15, 0.2) is 81.8 Å². The maximum absolute atomic E-state index is 13.2. The second-order valence-corrected chi connectivity index (χ2v) is 12.4. The molecule has 8 nitrogen and oxygen atoms in total. The van der Waals surface area contributed by atoms with Gasteiger partial charge in [-0.05, 0) is 72.8 Å². The number of nitrogens with one attached hydrogen (secondary N) is 2. The molecule has 0 spiro atoms. The van der Waals surface area contributed by atoms with E-state index in [9.17, 15) is 9.59 Å². The normalized spacial score (nSPS) is 15.9. The zero-order valence-corrected chi connectivity index (χ0v) is 25.1. The largest absolute Gasteiger partial charge is 0.338 e. The van der Waals surface area contributed by atoms with Crippen LogP contribution >= 0.6 is 15.9 Å². The first kappa shape index (κ1) is 28.7. The summed E-state index contributed by atoms with van der Waals surface area (Å²) in [6, 6.07) is 22.6. The Labute approximate surface area is 248 Å². The number of nitrogens with zero attached hydrogens (tertiary/aromatic N) is 3. The third kappa shape index (κ3) is 7.48. The summed E-state index contributed by atoms with van der Waals surface area (Å²) in [5, 5.41) is 10.1. The predicted molar refractivity (Wildman–Crippen MR) is 164 cm³/mol. The van der Waals surface area contributed by atoms with Crippen LogP contribution in [0.3, 0.4) is 0 Å². The van der Waals surface area contributed by atoms with Gasteiger partial charge in [-0.3, -0.25) is 14.5 Å². The van der Waals surface area contributed by atoms with Gasteiger partial charge in [-0.2, -0.15) is 4.98 Å². The molecule has 2 amide bonds. The van der Waals surface area contributed by atoms with Crippen molar-refractivity contribution in [1.29, 1.82) is 0 Å². The zero-order valence-electron chi connectivity index (χ0n) is 23.5. The summed E-state index contributed by atoms with van der Waals surface area (Å²) in [4.78, 5) is 32.7. The van der Waals surface area contributed by atoms with E-state index < -0.39 is 0 Å². The third-order valence-corrected chi connectivity index (χ3v) is 7.68. The number of anilines is 2. The molecule has 4 aromatic rings. The van der Waals surface area contributed by atoms with Gasteiger partial charge in [0, 0.05) is 33.5 Å². The number of rotatable bonds is 7. The monoisotopic (exact) mass is 615 g/mol. The second kappa shape index (κ2) is 12.4. The summed E-state index contributed by atoms with van der Waals surface area (Å²) < 4.78 is 6.45. The van der Waals surface area contributed by atoms with Crippen LogP contribution in [-0.4, -0.2) is 39.9 Å². The van der Waals surface area contributed by atoms with Gasteiger partial charge in [0.05, 0.1) is 12.5 Å². The fourth-order valence-electron chi connectivity index (χ4n) is 4.91. The number of amides is 2. The van der Waals surface area contributed by atoms with E-state index >= 15 is 0 Å². The van der Waals surface area contributed by atoms with Crippen molar-refractivity contribution >= 4 is 39.1 Å². The topological polar surface area (TPSA) is 100 Å². The van der Waals surface area contributed by atoms with Gasteiger partial charge >= 0.3 is 0 Å². The molecule has 0 bridgehead atoms. The van der Waals surface area contributed by atoms with Gasteiger partial charge in [0.1, 0.15) is 0 Å². The SMILES string of the molecule is CC(C)(C)c1ccc(C(=O)Nc2cccc(NC(=O)C3CCCN(Cc4nc(-c5cccc(Br)c5)no4)C3)c2)cc1. The molecule has 1 aliphatic rings. The Balaban J connectivity index is 1.16. The third-order valence-electron chi connectivity index (χ3n) is 7.19. The van der Waals surface area contributed by atoms with Crippen molar-refractivity contribution in [1.82, 2.24) is 15.0 Å². The Morgan fingerprint density at radius 1 is 1.00 bits per heavy atom. The first-order chi connectivity index (χ1) is 19.6. The average Bonchev–Trinajstić information content (AvgIpc) is 3.41. The van der Waals surface area contributed by atoms with Gasteiger partial charge < -0.3 is 15.2 Å². The lowest BCUT2D eigenvalue weighted by molar-refractivity contribution is -0.121. The molecule has 2 heterocycles. The van der Waals surface area contributed by atoms with E-state index in [2.05, 4.69) is 62.4 Å². The molecule has 1 atom stereocenters. The van der Waals surface area contributed by atoms with Gasteiger partial charge in [0.25, 0.3) is 5.91 Å². The average molecular weight is 617 g/mol. The minimum Gasteiger partial charge on any atom is -0.338 e. The molecule has 41 heavy (non-hydrogen) atoms. The number of benzene rings is 3. The highest BCUT2D eigenvalue weighted by atomic mass is 79.9. The van der Waals surface area contributed by atoms with Crippen LogP contribution in [0.5, 0.6) is 0 Å². The maximum Gasteiger partial charge on any atom is 0.255 e. The molecule has 3 aromatic carbocycles. The predicted octanol–water partition coefficient (Wildman–Crippen LogP) is 6.90. The summed E-state index contributed by atoms with van der Waals surface area (Å²) in [5.74, 6) is 0.659. The van der Waals surface area contributed by atoms with Crippen molar-refractivity contribution in [2.24, 2.45) is 5.92 Å². The lowest BCUT2D eigenvalue weighted by atomic mass is 9.87. The standard InChI is InChI=1S/C32H34BrN5O3/c1-32(2,3)24-14-12-21(13-15-24)30(39)34-26-10-5-11-27(18-26)35-31(40)23-8-6-16-38(19-23)20-28-36-29(37-41-28)22-7-4-9-25(33)17-22/h4-5,7,9-15,17-18,23H,6,8,16,19-20H2,1-3H3,(H,34,39)(H,35,40). The van der Waals surface area contributed by atoms with Crippen molar-refractivity contribution in [3.63, 3.8) is 0 Å². The number of halogens is 1. The molecule has 212 valence electrons. The van der Waals surface area contributed by atoms with Crippen LogP contribution in [0.1, 0.15) is 55.4 Å². The van der Waals surface area contributed by atoms with Gasteiger partial charge in [-0.1, -0.05) is 72.2 Å². The van der Waals surface area contributed by atoms with E-state index in [4.69, 9.17) is 4.52 Å². The quantitative estimate of drug-likeness (QED) is 0.234. The van der Waals surface area contributed by atoms with Crippen molar-refractivity contribution in [2.75, 3.05) is 23.7 Å². The molecule has 1 fully saturated rings. The van der Waals surface area contributed by atoms with Crippen molar-refractivity contribution < 1.29 is 14.1 Å². The Morgan fingerprint density at radius 3 is 2.46 bits per heavy atom. The molecule has 1 unspecified atom stereocenters.